The minimum Gasteiger partial charge on any atom is -0.494 e. The van der Waals surface area contributed by atoms with Gasteiger partial charge in [-0.1, -0.05) is 30.3 Å². The molecule has 0 amide bonds. The zero-order valence-electron chi connectivity index (χ0n) is 15.5. The number of nitrogens with one attached hydrogen (secondary N) is 1. The van der Waals surface area contributed by atoms with Gasteiger partial charge in [0.05, 0.1) is 18.5 Å². The number of aromatic amines is 1. The van der Waals surface area contributed by atoms with E-state index in [0.717, 1.165) is 4.57 Å². The fourth-order valence-electron chi connectivity index (χ4n) is 3.18. The number of carbonyl (C=O) groups is 1. The normalized spacial score (nSPS) is 13.8. The number of halogens is 1. The van der Waals surface area contributed by atoms with Gasteiger partial charge in [-0.3, -0.25) is 14.3 Å². The highest BCUT2D eigenvalue weighted by atomic mass is 32.1. The molecule has 0 saturated heterocycles. The number of carbonyl (C=O) groups excluding carboxylic acids is 1. The molecular formula is C21H14FN3O4S. The molecule has 3 aromatic rings. The lowest BCUT2D eigenvalue weighted by atomic mass is 10.0. The quantitative estimate of drug-likeness (QED) is 0.496. The maximum atomic E-state index is 14.3. The van der Waals surface area contributed by atoms with Crippen LogP contribution in [-0.4, -0.2) is 33.4 Å². The molecule has 0 radical (unpaired) electrons. The van der Waals surface area contributed by atoms with Gasteiger partial charge in [0.25, 0.3) is 5.56 Å². The first-order valence-corrected chi connectivity index (χ1v) is 9.15. The van der Waals surface area contributed by atoms with E-state index >= 15 is 0 Å². The largest absolute Gasteiger partial charge is 0.494 e. The van der Waals surface area contributed by atoms with Crippen molar-refractivity contribution in [2.45, 2.75) is 0 Å². The van der Waals surface area contributed by atoms with Crippen molar-refractivity contribution in [3.05, 3.63) is 80.6 Å². The van der Waals surface area contributed by atoms with Gasteiger partial charge in [-0.05, 0) is 36.5 Å². The fraction of sp³-hybridized carbons (Fsp3) is 0.0476. The van der Waals surface area contributed by atoms with Crippen LogP contribution in [0.3, 0.4) is 0 Å². The Morgan fingerprint density at radius 2 is 1.93 bits per heavy atom. The summed E-state index contributed by atoms with van der Waals surface area (Å²) >= 11 is 5.12. The Morgan fingerprint density at radius 3 is 2.67 bits per heavy atom. The highest BCUT2D eigenvalue weighted by molar-refractivity contribution is 7.71. The van der Waals surface area contributed by atoms with Crippen molar-refractivity contribution in [2.24, 2.45) is 4.99 Å². The van der Waals surface area contributed by atoms with Crippen LogP contribution in [0.1, 0.15) is 11.1 Å². The van der Waals surface area contributed by atoms with Crippen LogP contribution >= 0.6 is 12.2 Å². The Balaban J connectivity index is 1.99. The monoisotopic (exact) mass is 423 g/mol. The number of benzene rings is 2. The number of H-pyrrole nitrogens is 1. The van der Waals surface area contributed by atoms with E-state index in [1.54, 1.807) is 30.3 Å². The molecule has 2 N–H and O–H groups in total. The lowest BCUT2D eigenvalue weighted by Gasteiger charge is -2.12. The molecule has 0 atom stereocenters. The van der Waals surface area contributed by atoms with Gasteiger partial charge in [-0.2, -0.15) is 0 Å². The van der Waals surface area contributed by atoms with Gasteiger partial charge >= 0.3 is 5.97 Å². The van der Waals surface area contributed by atoms with Crippen molar-refractivity contribution in [1.82, 2.24) is 9.55 Å². The molecule has 1 aliphatic rings. The van der Waals surface area contributed by atoms with Crippen molar-refractivity contribution in [3.8, 4) is 11.6 Å². The van der Waals surface area contributed by atoms with Crippen LogP contribution in [-0.2, 0) is 9.53 Å². The zero-order chi connectivity index (χ0) is 21.4. The van der Waals surface area contributed by atoms with Crippen LogP contribution in [0.2, 0.25) is 0 Å². The predicted octanol–water partition coefficient (Wildman–Crippen LogP) is 3.54. The molecule has 1 aliphatic heterocycles. The smallest absolute Gasteiger partial charge is 0.357 e. The standard InChI is InChI=1S/C21H14FN3O4S/c1-29-20(28)17-12(11-6-2-4-8-15(11)23-17)10-13-18(26)24-21(30)25(19(13)27)16-9-5-3-7-14(16)22/h2-10,27H,1H3,(H,24,26,30)/b12-10+. The first-order chi connectivity index (χ1) is 14.4. The minimum absolute atomic E-state index is 0.0163. The third kappa shape index (κ3) is 3.15. The zero-order valence-corrected chi connectivity index (χ0v) is 16.4. The number of rotatable bonds is 3. The average molecular weight is 423 g/mol. The summed E-state index contributed by atoms with van der Waals surface area (Å²) in [5.74, 6) is -1.91. The molecule has 0 unspecified atom stereocenters. The van der Waals surface area contributed by atoms with Crippen molar-refractivity contribution in [1.29, 1.82) is 0 Å². The molecule has 0 fully saturated rings. The van der Waals surface area contributed by atoms with Gasteiger partial charge in [0.2, 0.25) is 5.88 Å². The van der Waals surface area contributed by atoms with Crippen molar-refractivity contribution in [3.63, 3.8) is 0 Å². The summed E-state index contributed by atoms with van der Waals surface area (Å²) in [6.07, 6.45) is 1.31. The Labute approximate surface area is 174 Å². The number of methoxy groups -OCH3 is 1. The van der Waals surface area contributed by atoms with Crippen LogP contribution in [0.15, 0.2) is 58.3 Å². The highest BCUT2D eigenvalue weighted by Gasteiger charge is 2.28. The second-order valence-electron chi connectivity index (χ2n) is 6.31. The summed E-state index contributed by atoms with van der Waals surface area (Å²) in [6, 6.07) is 12.6. The minimum atomic E-state index is -0.703. The average Bonchev–Trinajstić information content (AvgIpc) is 3.10. The van der Waals surface area contributed by atoms with Crippen molar-refractivity contribution in [2.75, 3.05) is 7.11 Å². The van der Waals surface area contributed by atoms with E-state index in [1.165, 1.54) is 31.4 Å². The molecule has 7 nitrogen and oxygen atoms in total. The van der Waals surface area contributed by atoms with Crippen LogP contribution in [0.4, 0.5) is 10.1 Å². The SMILES string of the molecule is COC(=O)C1=Nc2ccccc2/C1=C\c1c(O)n(-c2ccccc2F)c(=S)[nH]c1=O. The number of para-hydroxylation sites is 2. The number of hydrogen-bond donors (Lipinski definition) is 2. The molecule has 1 aromatic heterocycles. The Bertz CT molecular complexity index is 1370. The molecule has 0 saturated carbocycles. The van der Waals surface area contributed by atoms with Crippen molar-refractivity contribution >= 4 is 41.2 Å². The van der Waals surface area contributed by atoms with Gasteiger partial charge in [0, 0.05) is 11.1 Å². The van der Waals surface area contributed by atoms with Crippen LogP contribution in [0, 0.1) is 10.6 Å². The number of aromatic nitrogens is 2. The lowest BCUT2D eigenvalue weighted by Crippen LogP contribution is -2.18. The molecule has 0 aliphatic carbocycles. The van der Waals surface area contributed by atoms with Crippen molar-refractivity contribution < 1.29 is 19.0 Å². The summed E-state index contributed by atoms with van der Waals surface area (Å²) in [7, 11) is 1.22. The number of hydrogen-bond acceptors (Lipinski definition) is 6. The third-order valence-electron chi connectivity index (χ3n) is 4.56. The summed E-state index contributed by atoms with van der Waals surface area (Å²) < 4.78 is 19.9. The molecule has 150 valence electrons. The maximum absolute atomic E-state index is 14.3. The van der Waals surface area contributed by atoms with E-state index in [2.05, 4.69) is 9.98 Å². The summed E-state index contributed by atoms with van der Waals surface area (Å²) in [5, 5.41) is 10.8. The number of aromatic hydroxyl groups is 1. The number of nitrogens with zero attached hydrogens (tertiary/aromatic N) is 2. The lowest BCUT2D eigenvalue weighted by molar-refractivity contribution is -0.132. The van der Waals surface area contributed by atoms with Crippen LogP contribution < -0.4 is 5.56 Å². The maximum Gasteiger partial charge on any atom is 0.357 e. The van der Waals surface area contributed by atoms with E-state index in [0.29, 0.717) is 11.3 Å². The van der Waals surface area contributed by atoms with Gasteiger partial charge in [0.15, 0.2) is 10.5 Å². The van der Waals surface area contributed by atoms with Gasteiger partial charge < -0.3 is 9.84 Å². The second kappa shape index (κ2) is 7.53. The van der Waals surface area contributed by atoms with E-state index in [4.69, 9.17) is 17.0 Å². The Kier molecular flexibility index (Phi) is 4.88. The summed E-state index contributed by atoms with van der Waals surface area (Å²) in [4.78, 5) is 31.5. The topological polar surface area (TPSA) is 96.7 Å². The van der Waals surface area contributed by atoms with E-state index < -0.39 is 23.2 Å². The van der Waals surface area contributed by atoms with Gasteiger partial charge in [0.1, 0.15) is 11.4 Å². The summed E-state index contributed by atoms with van der Waals surface area (Å²) in [5.41, 5.74) is 0.414. The first kappa shape index (κ1) is 19.5. The second-order valence-corrected chi connectivity index (χ2v) is 6.70. The number of esters is 1. The van der Waals surface area contributed by atoms with Gasteiger partial charge in [-0.25, -0.2) is 14.2 Å². The molecule has 2 heterocycles. The van der Waals surface area contributed by atoms with Crippen LogP contribution in [0.5, 0.6) is 5.88 Å². The Morgan fingerprint density at radius 1 is 1.23 bits per heavy atom. The summed E-state index contributed by atoms with van der Waals surface area (Å²) in [6.45, 7) is 0. The van der Waals surface area contributed by atoms with Gasteiger partial charge in [-0.15, -0.1) is 0 Å². The van der Waals surface area contributed by atoms with Crippen LogP contribution in [0.25, 0.3) is 17.3 Å². The fourth-order valence-corrected chi connectivity index (χ4v) is 3.45. The third-order valence-corrected chi connectivity index (χ3v) is 4.85. The molecular weight excluding hydrogens is 409 g/mol. The van der Waals surface area contributed by atoms with E-state index in [-0.39, 0.29) is 27.3 Å². The number of fused-ring (bicyclic) bond motifs is 1. The Hall–Kier alpha value is -3.85. The van der Waals surface area contributed by atoms with E-state index in [1.807, 2.05) is 0 Å². The number of aliphatic imine (C=N–C) groups is 1. The van der Waals surface area contributed by atoms with E-state index in [9.17, 15) is 19.1 Å². The molecule has 30 heavy (non-hydrogen) atoms. The first-order valence-electron chi connectivity index (χ1n) is 8.74. The molecule has 2 aromatic carbocycles. The molecule has 0 spiro atoms. The number of ether oxygens (including phenoxy) is 1. The predicted molar refractivity (Wildman–Crippen MR) is 112 cm³/mol. The molecule has 4 rings (SSSR count). The highest BCUT2D eigenvalue weighted by Crippen LogP contribution is 2.37. The molecule has 0 bridgehead atoms. The molecule has 9 heteroatoms.